The van der Waals surface area contributed by atoms with Gasteiger partial charge in [-0.15, -0.1) is 0 Å². The molecule has 0 unspecified atom stereocenters. The fraction of sp³-hybridized carbons (Fsp3) is 0.650. The first-order valence-electron chi connectivity index (χ1n) is 9.26. The number of carbonyl (C=O) groups excluding carboxylic acids is 1. The SMILES string of the molecule is CCOC(=O)[C@]1(Cc2ccccc2)CCCN(C2CCOCC2)C1. The second-order valence-corrected chi connectivity index (χ2v) is 7.08. The third-order valence-electron chi connectivity index (χ3n) is 5.41. The summed E-state index contributed by atoms with van der Waals surface area (Å²) in [6, 6.07) is 10.9. The monoisotopic (exact) mass is 331 g/mol. The molecule has 2 aliphatic heterocycles. The van der Waals surface area contributed by atoms with Crippen molar-refractivity contribution in [2.45, 2.75) is 45.1 Å². The predicted molar refractivity (Wildman–Crippen MR) is 93.9 cm³/mol. The van der Waals surface area contributed by atoms with Gasteiger partial charge in [-0.3, -0.25) is 9.69 Å². The Labute approximate surface area is 145 Å². The summed E-state index contributed by atoms with van der Waals surface area (Å²) in [6.45, 7) is 5.92. The topological polar surface area (TPSA) is 38.8 Å². The fourth-order valence-corrected chi connectivity index (χ4v) is 4.18. The van der Waals surface area contributed by atoms with E-state index in [0.717, 1.165) is 58.4 Å². The minimum Gasteiger partial charge on any atom is -0.466 e. The number of hydrogen-bond donors (Lipinski definition) is 0. The normalized spacial score (nSPS) is 26.2. The van der Waals surface area contributed by atoms with Crippen molar-refractivity contribution in [2.24, 2.45) is 5.41 Å². The maximum atomic E-state index is 12.9. The lowest BCUT2D eigenvalue weighted by Crippen LogP contribution is -2.53. The summed E-state index contributed by atoms with van der Waals surface area (Å²) in [5.74, 6) is -0.0226. The van der Waals surface area contributed by atoms with Gasteiger partial charge in [0.15, 0.2) is 0 Å². The molecule has 0 spiro atoms. The van der Waals surface area contributed by atoms with Crippen molar-refractivity contribution in [1.29, 1.82) is 0 Å². The van der Waals surface area contributed by atoms with Gasteiger partial charge in [-0.05, 0) is 51.1 Å². The van der Waals surface area contributed by atoms with E-state index >= 15 is 0 Å². The Balaban J connectivity index is 1.79. The van der Waals surface area contributed by atoms with Crippen molar-refractivity contribution < 1.29 is 14.3 Å². The Bertz CT molecular complexity index is 527. The second-order valence-electron chi connectivity index (χ2n) is 7.08. The van der Waals surface area contributed by atoms with Crippen LogP contribution in [0.15, 0.2) is 30.3 Å². The van der Waals surface area contributed by atoms with Crippen LogP contribution < -0.4 is 0 Å². The molecular formula is C20H29NO3. The third-order valence-corrected chi connectivity index (χ3v) is 5.41. The Morgan fingerprint density at radius 1 is 1.29 bits per heavy atom. The number of piperidine rings is 1. The van der Waals surface area contributed by atoms with E-state index in [1.165, 1.54) is 5.56 Å². The number of hydrogen-bond acceptors (Lipinski definition) is 4. The molecule has 1 aromatic carbocycles. The first-order valence-corrected chi connectivity index (χ1v) is 9.26. The van der Waals surface area contributed by atoms with Crippen LogP contribution in [0.3, 0.4) is 0 Å². The molecule has 0 amide bonds. The molecule has 1 atom stereocenters. The minimum atomic E-state index is -0.409. The van der Waals surface area contributed by atoms with E-state index in [1.807, 2.05) is 25.1 Å². The van der Waals surface area contributed by atoms with E-state index in [9.17, 15) is 4.79 Å². The van der Waals surface area contributed by atoms with Gasteiger partial charge < -0.3 is 9.47 Å². The van der Waals surface area contributed by atoms with Crippen molar-refractivity contribution in [3.05, 3.63) is 35.9 Å². The molecular weight excluding hydrogens is 302 g/mol. The highest BCUT2D eigenvalue weighted by Crippen LogP contribution is 2.37. The molecule has 0 radical (unpaired) electrons. The molecule has 2 saturated heterocycles. The molecule has 1 aromatic rings. The zero-order valence-corrected chi connectivity index (χ0v) is 14.7. The van der Waals surface area contributed by atoms with Crippen molar-refractivity contribution in [2.75, 3.05) is 32.9 Å². The van der Waals surface area contributed by atoms with Crippen LogP contribution in [-0.4, -0.2) is 49.8 Å². The molecule has 0 aromatic heterocycles. The van der Waals surface area contributed by atoms with Gasteiger partial charge in [0.05, 0.1) is 12.0 Å². The van der Waals surface area contributed by atoms with Crippen LogP contribution in [0.5, 0.6) is 0 Å². The molecule has 132 valence electrons. The molecule has 2 aliphatic rings. The largest absolute Gasteiger partial charge is 0.466 e. The summed E-state index contributed by atoms with van der Waals surface area (Å²) >= 11 is 0. The molecule has 4 nitrogen and oxygen atoms in total. The van der Waals surface area contributed by atoms with Crippen LogP contribution >= 0.6 is 0 Å². The minimum absolute atomic E-state index is 0.0226. The number of benzene rings is 1. The third kappa shape index (κ3) is 3.98. The van der Waals surface area contributed by atoms with E-state index in [1.54, 1.807) is 0 Å². The van der Waals surface area contributed by atoms with Crippen molar-refractivity contribution in [1.82, 2.24) is 4.90 Å². The van der Waals surface area contributed by atoms with Crippen LogP contribution in [0.1, 0.15) is 38.2 Å². The molecule has 0 aliphatic carbocycles. The van der Waals surface area contributed by atoms with Gasteiger partial charge in [-0.2, -0.15) is 0 Å². The average molecular weight is 331 g/mol. The Morgan fingerprint density at radius 2 is 2.04 bits per heavy atom. The molecule has 0 N–H and O–H groups in total. The number of esters is 1. The van der Waals surface area contributed by atoms with E-state index in [-0.39, 0.29) is 5.97 Å². The zero-order valence-electron chi connectivity index (χ0n) is 14.7. The van der Waals surface area contributed by atoms with Gasteiger partial charge >= 0.3 is 5.97 Å². The van der Waals surface area contributed by atoms with Gasteiger partial charge in [0.2, 0.25) is 0 Å². The lowest BCUT2D eigenvalue weighted by Gasteiger charge is -2.45. The lowest BCUT2D eigenvalue weighted by molar-refractivity contribution is -0.160. The van der Waals surface area contributed by atoms with Crippen LogP contribution in [0.25, 0.3) is 0 Å². The summed E-state index contributed by atoms with van der Waals surface area (Å²) in [5.41, 5.74) is 0.813. The molecule has 0 bridgehead atoms. The molecule has 2 heterocycles. The van der Waals surface area contributed by atoms with Crippen LogP contribution in [-0.2, 0) is 20.7 Å². The van der Waals surface area contributed by atoms with Gasteiger partial charge in [0.25, 0.3) is 0 Å². The predicted octanol–water partition coefficient (Wildman–Crippen LogP) is 3.05. The van der Waals surface area contributed by atoms with Crippen LogP contribution in [0.2, 0.25) is 0 Å². The zero-order chi connectivity index (χ0) is 16.8. The van der Waals surface area contributed by atoms with Crippen molar-refractivity contribution in [3.63, 3.8) is 0 Å². The van der Waals surface area contributed by atoms with E-state index in [2.05, 4.69) is 17.0 Å². The number of rotatable bonds is 5. The number of likely N-dealkylation sites (tertiary alicyclic amines) is 1. The molecule has 4 heteroatoms. The Morgan fingerprint density at radius 3 is 2.75 bits per heavy atom. The van der Waals surface area contributed by atoms with Crippen LogP contribution in [0.4, 0.5) is 0 Å². The summed E-state index contributed by atoms with van der Waals surface area (Å²) in [4.78, 5) is 15.4. The van der Waals surface area contributed by atoms with Crippen molar-refractivity contribution >= 4 is 5.97 Å². The highest BCUT2D eigenvalue weighted by atomic mass is 16.5. The number of nitrogens with zero attached hydrogens (tertiary/aromatic N) is 1. The summed E-state index contributed by atoms with van der Waals surface area (Å²) < 4.78 is 11.0. The van der Waals surface area contributed by atoms with Crippen LogP contribution in [0, 0.1) is 5.41 Å². The average Bonchev–Trinajstić information content (AvgIpc) is 2.64. The quantitative estimate of drug-likeness (QED) is 0.778. The van der Waals surface area contributed by atoms with Crippen molar-refractivity contribution in [3.8, 4) is 0 Å². The maximum Gasteiger partial charge on any atom is 0.313 e. The Hall–Kier alpha value is -1.39. The standard InChI is InChI=1S/C20H29NO3/c1-2-24-19(22)20(15-17-7-4-3-5-8-17)11-6-12-21(16-20)18-9-13-23-14-10-18/h3-5,7-8,18H,2,6,9-16H2,1H3/t20-/m0/s1. The number of ether oxygens (including phenoxy) is 2. The van der Waals surface area contributed by atoms with Gasteiger partial charge in [0, 0.05) is 25.8 Å². The smallest absolute Gasteiger partial charge is 0.313 e. The van der Waals surface area contributed by atoms with Gasteiger partial charge in [-0.1, -0.05) is 30.3 Å². The molecule has 24 heavy (non-hydrogen) atoms. The summed E-state index contributed by atoms with van der Waals surface area (Å²) in [5, 5.41) is 0. The highest BCUT2D eigenvalue weighted by Gasteiger charge is 2.45. The van der Waals surface area contributed by atoms with E-state index in [4.69, 9.17) is 9.47 Å². The van der Waals surface area contributed by atoms with Gasteiger partial charge in [0.1, 0.15) is 0 Å². The summed E-state index contributed by atoms with van der Waals surface area (Å²) in [6.07, 6.45) is 4.89. The van der Waals surface area contributed by atoms with Gasteiger partial charge in [-0.25, -0.2) is 0 Å². The molecule has 2 fully saturated rings. The molecule has 0 saturated carbocycles. The lowest BCUT2D eigenvalue weighted by atomic mass is 9.74. The first kappa shape index (κ1) is 17.4. The van der Waals surface area contributed by atoms with E-state index in [0.29, 0.717) is 12.6 Å². The Kier molecular flexibility index (Phi) is 5.90. The highest BCUT2D eigenvalue weighted by molar-refractivity contribution is 5.77. The van der Waals surface area contributed by atoms with E-state index < -0.39 is 5.41 Å². The maximum absolute atomic E-state index is 12.9. The second kappa shape index (κ2) is 8.13. The molecule has 3 rings (SSSR count). The summed E-state index contributed by atoms with van der Waals surface area (Å²) in [7, 11) is 0. The first-order chi connectivity index (χ1) is 11.7. The fourth-order valence-electron chi connectivity index (χ4n) is 4.18. The number of carbonyl (C=O) groups is 1.